The Hall–Kier alpha value is -1.63. The average molecular weight is 285 g/mol. The van der Waals surface area contributed by atoms with E-state index in [1.54, 1.807) is 25.9 Å². The van der Waals surface area contributed by atoms with Crippen LogP contribution < -0.4 is 15.5 Å². The molecule has 0 bridgehead atoms. The number of amides is 1. The smallest absolute Gasteiger partial charge is 0.242 e. The second-order valence-electron chi connectivity index (χ2n) is 4.77. The molecule has 1 aromatic heterocycles. The number of carbonyl (C=O) groups excluding carboxylic acids is 1. The van der Waals surface area contributed by atoms with Gasteiger partial charge in [0.1, 0.15) is 6.04 Å². The van der Waals surface area contributed by atoms with Gasteiger partial charge in [0.25, 0.3) is 0 Å². The van der Waals surface area contributed by atoms with Crippen LogP contribution in [0.15, 0.2) is 0 Å². The first kappa shape index (κ1) is 13.8. The Morgan fingerprint density at radius 2 is 2.05 bits per heavy atom. The molecule has 0 aliphatic heterocycles. The predicted molar refractivity (Wildman–Crippen MR) is 73.4 cm³/mol. The Bertz CT molecular complexity index is 476. The Morgan fingerprint density at radius 3 is 2.63 bits per heavy atom. The van der Waals surface area contributed by atoms with Crippen LogP contribution in [0.2, 0.25) is 5.28 Å². The zero-order valence-corrected chi connectivity index (χ0v) is 11.9. The number of aromatic nitrogens is 3. The van der Waals surface area contributed by atoms with E-state index in [9.17, 15) is 4.79 Å². The Labute approximate surface area is 116 Å². The van der Waals surface area contributed by atoms with Gasteiger partial charge in [-0.3, -0.25) is 4.79 Å². The van der Waals surface area contributed by atoms with E-state index in [2.05, 4.69) is 25.6 Å². The summed E-state index contributed by atoms with van der Waals surface area (Å²) in [6.45, 7) is 1.75. The van der Waals surface area contributed by atoms with Gasteiger partial charge in [-0.05, 0) is 31.4 Å². The number of nitrogens with one attached hydrogen (secondary N) is 2. The topological polar surface area (TPSA) is 83.0 Å². The molecule has 1 atom stereocenters. The van der Waals surface area contributed by atoms with Gasteiger partial charge >= 0.3 is 0 Å². The number of hydrogen-bond acceptors (Lipinski definition) is 6. The summed E-state index contributed by atoms with van der Waals surface area (Å²) in [5.41, 5.74) is 0. The van der Waals surface area contributed by atoms with Crippen molar-refractivity contribution in [3.8, 4) is 0 Å². The molecule has 1 unspecified atom stereocenters. The van der Waals surface area contributed by atoms with Gasteiger partial charge in [0, 0.05) is 20.1 Å². The summed E-state index contributed by atoms with van der Waals surface area (Å²) in [6, 6.07) is -0.0925. The zero-order valence-electron chi connectivity index (χ0n) is 11.1. The molecular formula is C11H17ClN6O. The summed E-state index contributed by atoms with van der Waals surface area (Å²) < 4.78 is 0. The van der Waals surface area contributed by atoms with Crippen molar-refractivity contribution in [1.29, 1.82) is 0 Å². The third kappa shape index (κ3) is 3.92. The number of anilines is 2. The molecule has 1 fully saturated rings. The lowest BCUT2D eigenvalue weighted by Crippen LogP contribution is -2.39. The van der Waals surface area contributed by atoms with Crippen LogP contribution in [0, 0.1) is 0 Å². The Kier molecular flexibility index (Phi) is 4.04. The van der Waals surface area contributed by atoms with Crippen molar-refractivity contribution in [3.63, 3.8) is 0 Å². The molecule has 0 radical (unpaired) electrons. The lowest BCUT2D eigenvalue weighted by atomic mass is 10.3. The van der Waals surface area contributed by atoms with Gasteiger partial charge in [0.15, 0.2) is 0 Å². The monoisotopic (exact) mass is 284 g/mol. The maximum Gasteiger partial charge on any atom is 0.242 e. The molecule has 1 saturated carbocycles. The van der Waals surface area contributed by atoms with Gasteiger partial charge in [-0.2, -0.15) is 15.0 Å². The van der Waals surface area contributed by atoms with E-state index in [0.717, 1.165) is 12.8 Å². The second kappa shape index (κ2) is 5.56. The lowest BCUT2D eigenvalue weighted by molar-refractivity contribution is -0.121. The molecule has 1 aromatic rings. The largest absolute Gasteiger partial charge is 0.352 e. The Balaban J connectivity index is 2.02. The summed E-state index contributed by atoms with van der Waals surface area (Å²) in [4.78, 5) is 25.6. The van der Waals surface area contributed by atoms with Crippen molar-refractivity contribution in [3.05, 3.63) is 5.28 Å². The fourth-order valence-corrected chi connectivity index (χ4v) is 1.57. The molecule has 1 aliphatic carbocycles. The van der Waals surface area contributed by atoms with Gasteiger partial charge in [0.2, 0.25) is 23.1 Å². The summed E-state index contributed by atoms with van der Waals surface area (Å²) in [5, 5.41) is 5.93. The molecule has 1 aliphatic rings. The van der Waals surface area contributed by atoms with Crippen LogP contribution >= 0.6 is 11.6 Å². The standard InChI is InChI=1S/C11H17ClN6O/c1-6(8(19)14-7-4-5-7)13-10-15-9(12)16-11(17-10)18(2)3/h6-7H,4-5H2,1-3H3,(H,14,19)(H,13,15,16,17). The van der Waals surface area contributed by atoms with E-state index in [4.69, 9.17) is 11.6 Å². The molecule has 104 valence electrons. The van der Waals surface area contributed by atoms with E-state index in [1.807, 2.05) is 0 Å². The Morgan fingerprint density at radius 1 is 1.37 bits per heavy atom. The van der Waals surface area contributed by atoms with E-state index >= 15 is 0 Å². The molecule has 7 nitrogen and oxygen atoms in total. The number of halogens is 1. The van der Waals surface area contributed by atoms with Crippen LogP contribution in [-0.4, -0.2) is 47.0 Å². The molecule has 0 spiro atoms. The fourth-order valence-electron chi connectivity index (χ4n) is 1.42. The average Bonchev–Trinajstić information content (AvgIpc) is 3.11. The highest BCUT2D eigenvalue weighted by molar-refractivity contribution is 6.28. The maximum absolute atomic E-state index is 11.8. The molecule has 2 rings (SSSR count). The molecule has 1 amide bonds. The highest BCUT2D eigenvalue weighted by Crippen LogP contribution is 2.19. The van der Waals surface area contributed by atoms with Gasteiger partial charge in [-0.1, -0.05) is 0 Å². The highest BCUT2D eigenvalue weighted by atomic mass is 35.5. The van der Waals surface area contributed by atoms with Crippen LogP contribution in [0.5, 0.6) is 0 Å². The molecule has 0 saturated heterocycles. The quantitative estimate of drug-likeness (QED) is 0.827. The van der Waals surface area contributed by atoms with Crippen molar-refractivity contribution >= 4 is 29.4 Å². The van der Waals surface area contributed by atoms with E-state index in [0.29, 0.717) is 17.9 Å². The minimum absolute atomic E-state index is 0.0644. The fraction of sp³-hybridized carbons (Fsp3) is 0.636. The molecule has 1 heterocycles. The maximum atomic E-state index is 11.8. The van der Waals surface area contributed by atoms with Crippen LogP contribution in [-0.2, 0) is 4.79 Å². The zero-order chi connectivity index (χ0) is 14.0. The van der Waals surface area contributed by atoms with Gasteiger partial charge < -0.3 is 15.5 Å². The lowest BCUT2D eigenvalue weighted by Gasteiger charge is -2.15. The summed E-state index contributed by atoms with van der Waals surface area (Å²) in [5.74, 6) is 0.671. The molecule has 19 heavy (non-hydrogen) atoms. The second-order valence-corrected chi connectivity index (χ2v) is 5.11. The van der Waals surface area contributed by atoms with Crippen molar-refractivity contribution in [2.75, 3.05) is 24.3 Å². The van der Waals surface area contributed by atoms with Crippen molar-refractivity contribution in [1.82, 2.24) is 20.3 Å². The predicted octanol–water partition coefficient (Wildman–Crippen LogP) is 0.670. The highest BCUT2D eigenvalue weighted by Gasteiger charge is 2.26. The van der Waals surface area contributed by atoms with Crippen LogP contribution in [0.3, 0.4) is 0 Å². The number of nitrogens with zero attached hydrogens (tertiary/aromatic N) is 4. The third-order valence-electron chi connectivity index (χ3n) is 2.66. The minimum Gasteiger partial charge on any atom is -0.352 e. The number of carbonyl (C=O) groups is 1. The number of hydrogen-bond donors (Lipinski definition) is 2. The van der Waals surface area contributed by atoms with Crippen LogP contribution in [0.1, 0.15) is 19.8 Å². The minimum atomic E-state index is -0.422. The van der Waals surface area contributed by atoms with Crippen LogP contribution in [0.25, 0.3) is 0 Å². The third-order valence-corrected chi connectivity index (χ3v) is 2.83. The summed E-state index contributed by atoms with van der Waals surface area (Å²) >= 11 is 5.82. The molecule has 0 aromatic carbocycles. The summed E-state index contributed by atoms with van der Waals surface area (Å²) in [6.07, 6.45) is 2.11. The first-order valence-electron chi connectivity index (χ1n) is 6.11. The van der Waals surface area contributed by atoms with E-state index in [1.165, 1.54) is 0 Å². The molecule has 2 N–H and O–H groups in total. The summed E-state index contributed by atoms with van der Waals surface area (Å²) in [7, 11) is 3.61. The van der Waals surface area contributed by atoms with Crippen molar-refractivity contribution in [2.24, 2.45) is 0 Å². The van der Waals surface area contributed by atoms with Gasteiger partial charge in [0.05, 0.1) is 0 Å². The number of rotatable bonds is 5. The van der Waals surface area contributed by atoms with E-state index in [-0.39, 0.29) is 11.2 Å². The van der Waals surface area contributed by atoms with Gasteiger partial charge in [-0.15, -0.1) is 0 Å². The van der Waals surface area contributed by atoms with Crippen molar-refractivity contribution < 1.29 is 4.79 Å². The molecular weight excluding hydrogens is 268 g/mol. The van der Waals surface area contributed by atoms with E-state index < -0.39 is 6.04 Å². The molecule has 8 heteroatoms. The van der Waals surface area contributed by atoms with Gasteiger partial charge in [-0.25, -0.2) is 0 Å². The SMILES string of the molecule is CC(Nc1nc(Cl)nc(N(C)C)n1)C(=O)NC1CC1. The van der Waals surface area contributed by atoms with Crippen molar-refractivity contribution in [2.45, 2.75) is 31.8 Å². The first-order chi connectivity index (χ1) is 8.95. The van der Waals surface area contributed by atoms with Crippen LogP contribution in [0.4, 0.5) is 11.9 Å². The normalized spacial score (nSPS) is 15.8. The first-order valence-corrected chi connectivity index (χ1v) is 6.49.